The van der Waals surface area contributed by atoms with Gasteiger partial charge in [-0.25, -0.2) is 9.67 Å². The molecule has 1 aromatic rings. The number of hydrogen-bond acceptors (Lipinski definition) is 5. The molecule has 0 aliphatic heterocycles. The Bertz CT molecular complexity index is 313. The van der Waals surface area contributed by atoms with E-state index in [0.29, 0.717) is 5.75 Å². The predicted molar refractivity (Wildman–Crippen MR) is 52.9 cm³/mol. The zero-order chi connectivity index (χ0) is 10.6. The molecule has 0 bridgehead atoms. The number of rotatable bonds is 4. The van der Waals surface area contributed by atoms with Gasteiger partial charge >= 0.3 is 5.97 Å². The SMILES string of the molecule is COC(=O)C(C)CSc1ncnn1C. The molecule has 1 aromatic heterocycles. The third-order valence-electron chi connectivity index (χ3n) is 1.74. The van der Waals surface area contributed by atoms with Crippen LogP contribution in [0.25, 0.3) is 0 Å². The first-order chi connectivity index (χ1) is 6.65. The van der Waals surface area contributed by atoms with Gasteiger partial charge in [0.1, 0.15) is 6.33 Å². The lowest BCUT2D eigenvalue weighted by Gasteiger charge is -2.07. The number of ether oxygens (including phenoxy) is 1. The van der Waals surface area contributed by atoms with E-state index in [2.05, 4.69) is 14.8 Å². The Balaban J connectivity index is 2.41. The highest BCUT2D eigenvalue weighted by atomic mass is 32.2. The maximum atomic E-state index is 11.1. The molecule has 78 valence electrons. The zero-order valence-electron chi connectivity index (χ0n) is 8.43. The van der Waals surface area contributed by atoms with Crippen LogP contribution in [0.1, 0.15) is 6.92 Å². The maximum absolute atomic E-state index is 11.1. The summed E-state index contributed by atoms with van der Waals surface area (Å²) in [4.78, 5) is 15.1. The molecule has 1 unspecified atom stereocenters. The van der Waals surface area contributed by atoms with Crippen LogP contribution in [-0.4, -0.2) is 33.6 Å². The molecule has 0 saturated carbocycles. The highest BCUT2D eigenvalue weighted by Crippen LogP contribution is 2.17. The van der Waals surface area contributed by atoms with Crippen molar-refractivity contribution in [2.45, 2.75) is 12.1 Å². The van der Waals surface area contributed by atoms with Gasteiger partial charge in [0.25, 0.3) is 0 Å². The molecule has 0 fully saturated rings. The summed E-state index contributed by atoms with van der Waals surface area (Å²) in [6, 6.07) is 0. The normalized spacial score (nSPS) is 12.5. The molecule has 1 atom stereocenters. The van der Waals surface area contributed by atoms with Crippen molar-refractivity contribution in [2.24, 2.45) is 13.0 Å². The summed E-state index contributed by atoms with van der Waals surface area (Å²) in [7, 11) is 3.21. The van der Waals surface area contributed by atoms with Crippen molar-refractivity contribution in [3.05, 3.63) is 6.33 Å². The number of carbonyl (C=O) groups excluding carboxylic acids is 1. The average Bonchev–Trinajstić information content (AvgIpc) is 2.59. The second-order valence-electron chi connectivity index (χ2n) is 2.90. The largest absolute Gasteiger partial charge is 0.469 e. The Morgan fingerprint density at radius 1 is 1.79 bits per heavy atom. The van der Waals surface area contributed by atoms with E-state index in [1.54, 1.807) is 4.68 Å². The molecule has 0 aromatic carbocycles. The molecule has 0 aliphatic carbocycles. The Hall–Kier alpha value is -1.04. The first-order valence-electron chi connectivity index (χ1n) is 4.19. The molecule has 6 heteroatoms. The van der Waals surface area contributed by atoms with Gasteiger partial charge in [0.05, 0.1) is 13.0 Å². The van der Waals surface area contributed by atoms with Crippen molar-refractivity contribution in [3.63, 3.8) is 0 Å². The number of thioether (sulfide) groups is 1. The van der Waals surface area contributed by atoms with E-state index in [-0.39, 0.29) is 11.9 Å². The van der Waals surface area contributed by atoms with Gasteiger partial charge in [0, 0.05) is 12.8 Å². The van der Waals surface area contributed by atoms with Crippen LogP contribution in [0.2, 0.25) is 0 Å². The summed E-state index contributed by atoms with van der Waals surface area (Å²) in [5.74, 6) is 0.334. The van der Waals surface area contributed by atoms with Crippen LogP contribution >= 0.6 is 11.8 Å². The molecule has 14 heavy (non-hydrogen) atoms. The van der Waals surface area contributed by atoms with Gasteiger partial charge in [0.2, 0.25) is 0 Å². The maximum Gasteiger partial charge on any atom is 0.309 e. The Labute approximate surface area is 86.8 Å². The highest BCUT2D eigenvalue weighted by molar-refractivity contribution is 7.99. The molecule has 5 nitrogen and oxygen atoms in total. The lowest BCUT2D eigenvalue weighted by Crippen LogP contribution is -2.15. The van der Waals surface area contributed by atoms with Gasteiger partial charge in [-0.15, -0.1) is 0 Å². The number of methoxy groups -OCH3 is 1. The smallest absolute Gasteiger partial charge is 0.309 e. The molecule has 1 rings (SSSR count). The first kappa shape index (κ1) is 11.0. The van der Waals surface area contributed by atoms with Gasteiger partial charge in [-0.1, -0.05) is 18.7 Å². The standard InChI is InChI=1S/C8H13N3O2S/c1-6(7(12)13-3)4-14-8-9-5-10-11(8)2/h5-6H,4H2,1-3H3. The van der Waals surface area contributed by atoms with Gasteiger partial charge in [0.15, 0.2) is 5.16 Å². The van der Waals surface area contributed by atoms with Crippen LogP contribution in [0.5, 0.6) is 0 Å². The van der Waals surface area contributed by atoms with Crippen molar-refractivity contribution in [3.8, 4) is 0 Å². The van der Waals surface area contributed by atoms with Crippen LogP contribution in [-0.2, 0) is 16.6 Å². The number of carbonyl (C=O) groups is 1. The topological polar surface area (TPSA) is 57.0 Å². The van der Waals surface area contributed by atoms with Crippen LogP contribution in [0, 0.1) is 5.92 Å². The fraction of sp³-hybridized carbons (Fsp3) is 0.625. The van der Waals surface area contributed by atoms with E-state index < -0.39 is 0 Å². The highest BCUT2D eigenvalue weighted by Gasteiger charge is 2.14. The number of aromatic nitrogens is 3. The fourth-order valence-electron chi connectivity index (χ4n) is 0.885. The van der Waals surface area contributed by atoms with Gasteiger partial charge in [-0.3, -0.25) is 4.79 Å². The summed E-state index contributed by atoms with van der Waals surface area (Å²) in [5.41, 5.74) is 0. The van der Waals surface area contributed by atoms with Crippen molar-refractivity contribution in [2.75, 3.05) is 12.9 Å². The number of aryl methyl sites for hydroxylation is 1. The summed E-state index contributed by atoms with van der Waals surface area (Å²) >= 11 is 1.49. The average molecular weight is 215 g/mol. The van der Waals surface area contributed by atoms with Crippen LogP contribution in [0.4, 0.5) is 0 Å². The molecule has 0 spiro atoms. The molecule has 0 radical (unpaired) electrons. The monoisotopic (exact) mass is 215 g/mol. The second-order valence-corrected chi connectivity index (χ2v) is 3.89. The summed E-state index contributed by atoms with van der Waals surface area (Å²) in [6.45, 7) is 1.83. The molecular formula is C8H13N3O2S. The summed E-state index contributed by atoms with van der Waals surface area (Å²) in [5, 5.41) is 4.73. The summed E-state index contributed by atoms with van der Waals surface area (Å²) in [6.07, 6.45) is 1.49. The van der Waals surface area contributed by atoms with Gasteiger partial charge < -0.3 is 4.74 Å². The third kappa shape index (κ3) is 2.73. The van der Waals surface area contributed by atoms with Gasteiger partial charge in [-0.2, -0.15) is 5.10 Å². The van der Waals surface area contributed by atoms with Crippen molar-refractivity contribution in [1.29, 1.82) is 0 Å². The minimum absolute atomic E-state index is 0.123. The molecule has 0 saturated heterocycles. The summed E-state index contributed by atoms with van der Waals surface area (Å²) < 4.78 is 6.29. The van der Waals surface area contributed by atoms with Gasteiger partial charge in [-0.05, 0) is 0 Å². The van der Waals surface area contributed by atoms with Crippen LogP contribution in [0.3, 0.4) is 0 Å². The Kier molecular flexibility index (Phi) is 3.94. The fourth-order valence-corrected chi connectivity index (χ4v) is 1.78. The van der Waals surface area contributed by atoms with Crippen molar-refractivity contribution < 1.29 is 9.53 Å². The van der Waals surface area contributed by atoms with E-state index in [1.165, 1.54) is 25.2 Å². The van der Waals surface area contributed by atoms with Crippen LogP contribution < -0.4 is 0 Å². The van der Waals surface area contributed by atoms with E-state index >= 15 is 0 Å². The molecule has 0 amide bonds. The second kappa shape index (κ2) is 4.99. The quantitative estimate of drug-likeness (QED) is 0.547. The number of nitrogens with zero attached hydrogens (tertiary/aromatic N) is 3. The minimum atomic E-state index is -0.195. The predicted octanol–water partition coefficient (Wildman–Crippen LogP) is 0.716. The first-order valence-corrected chi connectivity index (χ1v) is 5.18. The third-order valence-corrected chi connectivity index (χ3v) is 3.03. The van der Waals surface area contributed by atoms with E-state index in [9.17, 15) is 4.79 Å². The van der Waals surface area contributed by atoms with E-state index in [0.717, 1.165) is 5.16 Å². The lowest BCUT2D eigenvalue weighted by molar-refractivity contribution is -0.143. The number of esters is 1. The van der Waals surface area contributed by atoms with E-state index in [4.69, 9.17) is 0 Å². The zero-order valence-corrected chi connectivity index (χ0v) is 9.24. The lowest BCUT2D eigenvalue weighted by atomic mass is 10.2. The van der Waals surface area contributed by atoms with Crippen molar-refractivity contribution in [1.82, 2.24) is 14.8 Å². The molecular weight excluding hydrogens is 202 g/mol. The van der Waals surface area contributed by atoms with Crippen molar-refractivity contribution >= 4 is 17.7 Å². The van der Waals surface area contributed by atoms with Crippen LogP contribution in [0.15, 0.2) is 11.5 Å². The molecule has 0 N–H and O–H groups in total. The minimum Gasteiger partial charge on any atom is -0.469 e. The molecule has 1 heterocycles. The van der Waals surface area contributed by atoms with E-state index in [1.807, 2.05) is 14.0 Å². The Morgan fingerprint density at radius 2 is 2.50 bits per heavy atom. The molecule has 0 aliphatic rings. The Morgan fingerprint density at radius 3 is 3.00 bits per heavy atom. The number of hydrogen-bond donors (Lipinski definition) is 0.